The summed E-state index contributed by atoms with van der Waals surface area (Å²) in [5.74, 6) is 0.397. The molecule has 1 aromatic carbocycles. The minimum Gasteiger partial charge on any atom is -0.497 e. The van der Waals surface area contributed by atoms with Gasteiger partial charge in [0.25, 0.3) is 5.91 Å². The summed E-state index contributed by atoms with van der Waals surface area (Å²) < 4.78 is 10.3. The standard InChI is InChI=1S/C18H25N3O3/c1-4-24-11-5-10-20-18(22)16(12-19)13-21-14(2)15-6-8-17(23-3)9-7-15/h6-9,13-14,21H,4-5,10-11H2,1-3H3,(H,20,22)/b16-13-. The molecule has 0 fully saturated rings. The van der Waals surface area contributed by atoms with Crippen molar-refractivity contribution in [2.24, 2.45) is 0 Å². The molecule has 6 nitrogen and oxygen atoms in total. The summed E-state index contributed by atoms with van der Waals surface area (Å²) >= 11 is 0. The van der Waals surface area contributed by atoms with Gasteiger partial charge < -0.3 is 20.1 Å². The number of nitrogens with one attached hydrogen (secondary N) is 2. The topological polar surface area (TPSA) is 83.4 Å². The van der Waals surface area contributed by atoms with Crippen LogP contribution in [-0.2, 0) is 9.53 Å². The third-order valence-corrected chi connectivity index (χ3v) is 3.41. The third kappa shape index (κ3) is 6.71. The van der Waals surface area contributed by atoms with Crippen molar-refractivity contribution in [3.05, 3.63) is 41.6 Å². The Kier molecular flexibility index (Phi) is 9.02. The molecule has 0 aromatic heterocycles. The van der Waals surface area contributed by atoms with Crippen molar-refractivity contribution in [1.29, 1.82) is 5.26 Å². The van der Waals surface area contributed by atoms with Gasteiger partial charge in [0.2, 0.25) is 0 Å². The van der Waals surface area contributed by atoms with E-state index in [2.05, 4.69) is 10.6 Å². The summed E-state index contributed by atoms with van der Waals surface area (Å²) in [7, 11) is 1.62. The Balaban J connectivity index is 2.51. The molecule has 0 saturated heterocycles. The number of amides is 1. The van der Waals surface area contributed by atoms with E-state index in [-0.39, 0.29) is 17.5 Å². The van der Waals surface area contributed by atoms with Crippen molar-refractivity contribution >= 4 is 5.91 Å². The van der Waals surface area contributed by atoms with Crippen LogP contribution in [0.3, 0.4) is 0 Å². The SMILES string of the molecule is CCOCCCNC(=O)/C(C#N)=C\NC(C)c1ccc(OC)cc1. The van der Waals surface area contributed by atoms with Crippen LogP contribution in [-0.4, -0.2) is 32.8 Å². The van der Waals surface area contributed by atoms with Crippen LogP contribution >= 0.6 is 0 Å². The van der Waals surface area contributed by atoms with Crippen LogP contribution in [0.25, 0.3) is 0 Å². The van der Waals surface area contributed by atoms with Crippen molar-refractivity contribution in [3.63, 3.8) is 0 Å². The Bertz CT molecular complexity index is 576. The Morgan fingerprint density at radius 1 is 1.38 bits per heavy atom. The van der Waals surface area contributed by atoms with Gasteiger partial charge >= 0.3 is 0 Å². The number of rotatable bonds is 10. The molecule has 0 spiro atoms. The average molecular weight is 331 g/mol. The molecule has 6 heteroatoms. The molecule has 130 valence electrons. The molecule has 1 unspecified atom stereocenters. The molecule has 0 aliphatic heterocycles. The molecule has 1 rings (SSSR count). The fraction of sp³-hybridized carbons (Fsp3) is 0.444. The number of hydrogen-bond donors (Lipinski definition) is 2. The van der Waals surface area contributed by atoms with Crippen LogP contribution in [0.2, 0.25) is 0 Å². The monoisotopic (exact) mass is 331 g/mol. The minimum atomic E-state index is -0.386. The molecule has 1 amide bonds. The van der Waals surface area contributed by atoms with E-state index < -0.39 is 0 Å². The first-order valence-electron chi connectivity index (χ1n) is 7.98. The summed E-state index contributed by atoms with van der Waals surface area (Å²) in [5.41, 5.74) is 1.08. The number of carbonyl (C=O) groups is 1. The van der Waals surface area contributed by atoms with E-state index in [4.69, 9.17) is 14.7 Å². The predicted molar refractivity (Wildman–Crippen MR) is 92.4 cm³/mol. The lowest BCUT2D eigenvalue weighted by molar-refractivity contribution is -0.117. The van der Waals surface area contributed by atoms with Gasteiger partial charge in [-0.1, -0.05) is 12.1 Å². The maximum Gasteiger partial charge on any atom is 0.263 e. The van der Waals surface area contributed by atoms with Gasteiger partial charge in [-0.3, -0.25) is 4.79 Å². The summed E-state index contributed by atoms with van der Waals surface area (Å²) in [5, 5.41) is 14.9. The van der Waals surface area contributed by atoms with E-state index in [1.165, 1.54) is 6.20 Å². The Labute approximate surface area is 143 Å². The fourth-order valence-electron chi connectivity index (χ4n) is 1.96. The van der Waals surface area contributed by atoms with Crippen LogP contribution in [0.15, 0.2) is 36.0 Å². The minimum absolute atomic E-state index is 0.0370. The smallest absolute Gasteiger partial charge is 0.263 e. The molecule has 1 aromatic rings. The molecular formula is C18H25N3O3. The summed E-state index contributed by atoms with van der Waals surface area (Å²) in [4.78, 5) is 11.9. The first kappa shape index (κ1) is 19.5. The van der Waals surface area contributed by atoms with Crippen molar-refractivity contribution in [2.45, 2.75) is 26.3 Å². The number of carbonyl (C=O) groups excluding carboxylic acids is 1. The van der Waals surface area contributed by atoms with E-state index in [1.54, 1.807) is 7.11 Å². The van der Waals surface area contributed by atoms with Crippen LogP contribution in [0.5, 0.6) is 5.75 Å². The van der Waals surface area contributed by atoms with E-state index in [1.807, 2.05) is 44.2 Å². The average Bonchev–Trinajstić information content (AvgIpc) is 2.62. The van der Waals surface area contributed by atoms with Crippen LogP contribution in [0.1, 0.15) is 31.9 Å². The normalized spacial score (nSPS) is 12.2. The van der Waals surface area contributed by atoms with Crippen LogP contribution < -0.4 is 15.4 Å². The van der Waals surface area contributed by atoms with Gasteiger partial charge in [0.05, 0.1) is 7.11 Å². The van der Waals surface area contributed by atoms with Crippen LogP contribution in [0.4, 0.5) is 0 Å². The quantitative estimate of drug-likeness (QED) is 0.390. The molecule has 2 N–H and O–H groups in total. The Morgan fingerprint density at radius 2 is 2.08 bits per heavy atom. The number of hydrogen-bond acceptors (Lipinski definition) is 5. The second-order valence-electron chi connectivity index (χ2n) is 5.14. The number of methoxy groups -OCH3 is 1. The Morgan fingerprint density at radius 3 is 2.67 bits per heavy atom. The lowest BCUT2D eigenvalue weighted by Crippen LogP contribution is -2.27. The largest absolute Gasteiger partial charge is 0.497 e. The molecule has 0 radical (unpaired) electrons. The molecule has 24 heavy (non-hydrogen) atoms. The third-order valence-electron chi connectivity index (χ3n) is 3.41. The molecule has 0 aliphatic rings. The van der Waals surface area contributed by atoms with Gasteiger partial charge in [-0.2, -0.15) is 5.26 Å². The summed E-state index contributed by atoms with van der Waals surface area (Å²) in [6.45, 7) is 5.60. The lowest BCUT2D eigenvalue weighted by atomic mass is 10.1. The highest BCUT2D eigenvalue weighted by molar-refractivity contribution is 5.97. The van der Waals surface area contributed by atoms with E-state index in [0.717, 1.165) is 11.3 Å². The molecule has 0 saturated carbocycles. The highest BCUT2D eigenvalue weighted by Gasteiger charge is 2.09. The van der Waals surface area contributed by atoms with Crippen molar-refractivity contribution in [3.8, 4) is 11.8 Å². The summed E-state index contributed by atoms with van der Waals surface area (Å²) in [6, 6.07) is 9.48. The fourth-order valence-corrected chi connectivity index (χ4v) is 1.96. The number of nitriles is 1. The zero-order chi connectivity index (χ0) is 17.8. The van der Waals surface area contributed by atoms with Gasteiger partial charge in [-0.15, -0.1) is 0 Å². The second-order valence-corrected chi connectivity index (χ2v) is 5.14. The van der Waals surface area contributed by atoms with Gasteiger partial charge in [0.15, 0.2) is 0 Å². The van der Waals surface area contributed by atoms with Crippen molar-refractivity contribution in [1.82, 2.24) is 10.6 Å². The lowest BCUT2D eigenvalue weighted by Gasteiger charge is -2.13. The van der Waals surface area contributed by atoms with E-state index >= 15 is 0 Å². The van der Waals surface area contributed by atoms with E-state index in [9.17, 15) is 4.79 Å². The van der Waals surface area contributed by atoms with Crippen LogP contribution in [0, 0.1) is 11.3 Å². The van der Waals surface area contributed by atoms with E-state index in [0.29, 0.717) is 26.2 Å². The van der Waals surface area contributed by atoms with Gasteiger partial charge in [0, 0.05) is 32.0 Å². The second kappa shape index (κ2) is 11.1. The van der Waals surface area contributed by atoms with Gasteiger partial charge in [0.1, 0.15) is 17.4 Å². The van der Waals surface area contributed by atoms with Crippen molar-refractivity contribution in [2.75, 3.05) is 26.9 Å². The van der Waals surface area contributed by atoms with Gasteiger partial charge in [-0.25, -0.2) is 0 Å². The molecule has 0 aliphatic carbocycles. The first-order chi connectivity index (χ1) is 11.6. The van der Waals surface area contributed by atoms with Gasteiger partial charge in [-0.05, 0) is 38.0 Å². The Hall–Kier alpha value is -2.52. The number of ether oxygens (including phenoxy) is 2. The maximum absolute atomic E-state index is 11.9. The highest BCUT2D eigenvalue weighted by Crippen LogP contribution is 2.17. The summed E-state index contributed by atoms with van der Waals surface area (Å²) in [6.07, 6.45) is 2.17. The zero-order valence-corrected chi connectivity index (χ0v) is 14.5. The molecular weight excluding hydrogens is 306 g/mol. The predicted octanol–water partition coefficient (Wildman–Crippen LogP) is 2.30. The number of nitrogens with zero attached hydrogens (tertiary/aromatic N) is 1. The first-order valence-corrected chi connectivity index (χ1v) is 7.98. The highest BCUT2D eigenvalue weighted by atomic mass is 16.5. The molecule has 1 atom stereocenters. The molecule has 0 heterocycles. The zero-order valence-electron chi connectivity index (χ0n) is 14.5. The maximum atomic E-state index is 11.9. The van der Waals surface area contributed by atoms with Crippen molar-refractivity contribution < 1.29 is 14.3 Å². The molecule has 0 bridgehead atoms. The number of benzene rings is 1.